The third-order valence-corrected chi connectivity index (χ3v) is 1.66. The fourth-order valence-corrected chi connectivity index (χ4v) is 1.03. The zero-order valence-electron chi connectivity index (χ0n) is 6.86. The van der Waals surface area contributed by atoms with Crippen LogP contribution in [0.15, 0.2) is 12.2 Å². The lowest BCUT2D eigenvalue weighted by atomic mass is 10.3. The van der Waals surface area contributed by atoms with Crippen LogP contribution in [0.3, 0.4) is 0 Å². The summed E-state index contributed by atoms with van der Waals surface area (Å²) in [6.45, 7) is 0.138. The molecule has 0 spiro atoms. The molecule has 1 aliphatic rings. The summed E-state index contributed by atoms with van der Waals surface area (Å²) >= 11 is 0. The highest BCUT2D eigenvalue weighted by Gasteiger charge is 2.22. The maximum absolute atomic E-state index is 10.9. The second kappa shape index (κ2) is 3.84. The van der Waals surface area contributed by atoms with Crippen molar-refractivity contribution in [2.45, 2.75) is 12.8 Å². The Kier molecular flexibility index (Phi) is 2.79. The molecule has 0 aromatic carbocycles. The maximum atomic E-state index is 10.9. The van der Waals surface area contributed by atoms with Crippen LogP contribution >= 0.6 is 0 Å². The summed E-state index contributed by atoms with van der Waals surface area (Å²) in [5, 5.41) is 10.0. The topological polar surface area (TPSA) is 74.3 Å². The molecule has 0 saturated carbocycles. The van der Waals surface area contributed by atoms with E-state index in [1.54, 1.807) is 0 Å². The average Bonchev–Trinajstić information content (AvgIpc) is 2.34. The lowest BCUT2D eigenvalue weighted by molar-refractivity contribution is -0.144. The van der Waals surface area contributed by atoms with E-state index in [2.05, 4.69) is 0 Å². The molecular weight excluding hydrogens is 174 g/mol. The Bertz CT molecular complexity index is 264. The highest BCUT2D eigenvalue weighted by Crippen LogP contribution is 2.05. The van der Waals surface area contributed by atoms with Gasteiger partial charge in [0.1, 0.15) is 0 Å². The highest BCUT2D eigenvalue weighted by molar-refractivity contribution is 6.12. The fourth-order valence-electron chi connectivity index (χ4n) is 1.03. The molecule has 5 nitrogen and oxygen atoms in total. The Morgan fingerprint density at radius 2 is 1.77 bits per heavy atom. The van der Waals surface area contributed by atoms with Crippen LogP contribution in [-0.4, -0.2) is 29.2 Å². The van der Waals surface area contributed by atoms with Crippen LogP contribution in [0.4, 0.5) is 0 Å². The molecule has 1 heterocycles. The standard InChI is InChI=1S/C8H8NO4/c10-6-3-4-7(11)9(6)5-1-2-8(12)13/h3-4H,1-2,5H2. The number of nitrogens with zero attached hydrogens (tertiary/aromatic N) is 1. The third kappa shape index (κ3) is 2.40. The molecule has 13 heavy (non-hydrogen) atoms. The van der Waals surface area contributed by atoms with E-state index >= 15 is 0 Å². The van der Waals surface area contributed by atoms with E-state index in [1.165, 1.54) is 12.2 Å². The SMILES string of the molecule is [O]C(=O)CCCN1C(=O)C=CC1=O. The summed E-state index contributed by atoms with van der Waals surface area (Å²) in [5.74, 6) is -1.95. The third-order valence-electron chi connectivity index (χ3n) is 1.66. The first-order chi connectivity index (χ1) is 6.11. The predicted molar refractivity (Wildman–Crippen MR) is 40.8 cm³/mol. The summed E-state index contributed by atoms with van der Waals surface area (Å²) in [5.41, 5.74) is 0. The Labute approximate surface area is 74.6 Å². The lowest BCUT2D eigenvalue weighted by Crippen LogP contribution is -2.31. The maximum Gasteiger partial charge on any atom is 0.355 e. The zero-order chi connectivity index (χ0) is 9.84. The predicted octanol–water partition coefficient (Wildman–Crippen LogP) is -0.351. The Morgan fingerprint density at radius 1 is 1.23 bits per heavy atom. The van der Waals surface area contributed by atoms with Crippen LogP contribution in [-0.2, 0) is 19.5 Å². The lowest BCUT2D eigenvalue weighted by Gasteiger charge is -2.11. The van der Waals surface area contributed by atoms with E-state index in [1.807, 2.05) is 0 Å². The summed E-state index contributed by atoms with van der Waals surface area (Å²) in [7, 11) is 0. The summed E-state index contributed by atoms with van der Waals surface area (Å²) < 4.78 is 0. The minimum atomic E-state index is -1.17. The first-order valence-corrected chi connectivity index (χ1v) is 3.84. The minimum Gasteiger partial charge on any atom is -0.275 e. The average molecular weight is 182 g/mol. The Morgan fingerprint density at radius 3 is 2.23 bits per heavy atom. The van der Waals surface area contributed by atoms with E-state index in [0.29, 0.717) is 0 Å². The molecule has 0 bridgehead atoms. The van der Waals surface area contributed by atoms with Gasteiger partial charge in [-0.05, 0) is 6.42 Å². The number of imide groups is 1. The van der Waals surface area contributed by atoms with Crippen LogP contribution in [0.1, 0.15) is 12.8 Å². The Hall–Kier alpha value is -1.65. The summed E-state index contributed by atoms with van der Waals surface area (Å²) in [6, 6.07) is 0. The van der Waals surface area contributed by atoms with Crippen molar-refractivity contribution in [2.24, 2.45) is 0 Å². The van der Waals surface area contributed by atoms with Crippen LogP contribution < -0.4 is 0 Å². The van der Waals surface area contributed by atoms with E-state index in [-0.39, 0.29) is 31.2 Å². The van der Waals surface area contributed by atoms with Crippen molar-refractivity contribution in [1.82, 2.24) is 4.90 Å². The quantitative estimate of drug-likeness (QED) is 0.557. The number of hydrogen-bond acceptors (Lipinski definition) is 3. The van der Waals surface area contributed by atoms with Gasteiger partial charge in [0, 0.05) is 18.7 Å². The number of carbonyl (C=O) groups excluding carboxylic acids is 3. The molecule has 1 rings (SSSR count). The van der Waals surface area contributed by atoms with Gasteiger partial charge in [-0.25, -0.2) is 9.90 Å². The molecule has 0 fully saturated rings. The Balaban J connectivity index is 2.34. The zero-order valence-corrected chi connectivity index (χ0v) is 6.86. The van der Waals surface area contributed by atoms with Gasteiger partial charge in [0.2, 0.25) is 0 Å². The van der Waals surface area contributed by atoms with Gasteiger partial charge in [-0.15, -0.1) is 0 Å². The molecule has 69 valence electrons. The molecule has 2 amide bonds. The second-order valence-corrected chi connectivity index (χ2v) is 2.64. The van der Waals surface area contributed by atoms with Gasteiger partial charge in [-0.2, -0.15) is 0 Å². The monoisotopic (exact) mass is 182 g/mol. The summed E-state index contributed by atoms with van der Waals surface area (Å²) in [4.78, 5) is 32.9. The highest BCUT2D eigenvalue weighted by atomic mass is 16.4. The molecule has 0 aromatic heterocycles. The molecule has 0 aromatic rings. The normalized spacial score (nSPS) is 15.5. The van der Waals surface area contributed by atoms with Crippen molar-refractivity contribution in [3.63, 3.8) is 0 Å². The van der Waals surface area contributed by atoms with Crippen molar-refractivity contribution in [3.05, 3.63) is 12.2 Å². The molecule has 0 atom stereocenters. The molecule has 0 aliphatic carbocycles. The van der Waals surface area contributed by atoms with Gasteiger partial charge in [-0.1, -0.05) is 0 Å². The molecule has 5 heteroatoms. The van der Waals surface area contributed by atoms with Gasteiger partial charge < -0.3 is 0 Å². The van der Waals surface area contributed by atoms with Crippen molar-refractivity contribution >= 4 is 17.8 Å². The molecule has 0 N–H and O–H groups in total. The second-order valence-electron chi connectivity index (χ2n) is 2.64. The van der Waals surface area contributed by atoms with Crippen molar-refractivity contribution in [1.29, 1.82) is 0 Å². The minimum absolute atomic E-state index is 0.138. The number of rotatable bonds is 4. The van der Waals surface area contributed by atoms with Gasteiger partial charge >= 0.3 is 5.97 Å². The molecular formula is C8H8NO4. The molecule has 1 radical (unpaired) electrons. The molecule has 1 aliphatic heterocycles. The van der Waals surface area contributed by atoms with Crippen molar-refractivity contribution in [2.75, 3.05) is 6.54 Å². The first kappa shape index (κ1) is 9.44. The van der Waals surface area contributed by atoms with Crippen LogP contribution in [0.5, 0.6) is 0 Å². The van der Waals surface area contributed by atoms with Crippen molar-refractivity contribution in [3.8, 4) is 0 Å². The number of carbonyl (C=O) groups is 3. The van der Waals surface area contributed by atoms with Gasteiger partial charge in [0.05, 0.1) is 6.42 Å². The van der Waals surface area contributed by atoms with Crippen molar-refractivity contribution < 1.29 is 19.5 Å². The van der Waals surface area contributed by atoms with Gasteiger partial charge in [0.25, 0.3) is 11.8 Å². The number of amides is 2. The van der Waals surface area contributed by atoms with E-state index in [4.69, 9.17) is 0 Å². The van der Waals surface area contributed by atoms with Crippen LogP contribution in [0.25, 0.3) is 0 Å². The molecule has 0 saturated heterocycles. The van der Waals surface area contributed by atoms with Gasteiger partial charge in [-0.3, -0.25) is 14.5 Å². The molecule has 0 unspecified atom stereocenters. The largest absolute Gasteiger partial charge is 0.355 e. The van der Waals surface area contributed by atoms with Crippen LogP contribution in [0, 0.1) is 0 Å². The smallest absolute Gasteiger partial charge is 0.275 e. The van der Waals surface area contributed by atoms with E-state index < -0.39 is 5.97 Å². The van der Waals surface area contributed by atoms with E-state index in [0.717, 1.165) is 4.90 Å². The fraction of sp³-hybridized carbons (Fsp3) is 0.375. The first-order valence-electron chi connectivity index (χ1n) is 3.84. The van der Waals surface area contributed by atoms with E-state index in [9.17, 15) is 19.5 Å². The van der Waals surface area contributed by atoms with Gasteiger partial charge in [0.15, 0.2) is 0 Å². The number of hydrogen-bond donors (Lipinski definition) is 0. The van der Waals surface area contributed by atoms with Crippen LogP contribution in [0.2, 0.25) is 0 Å². The summed E-state index contributed by atoms with van der Waals surface area (Å²) in [6.07, 6.45) is 2.43.